The predicted molar refractivity (Wildman–Crippen MR) is 143 cm³/mol. The van der Waals surface area contributed by atoms with E-state index in [0.29, 0.717) is 25.7 Å². The van der Waals surface area contributed by atoms with Crippen LogP contribution in [0.1, 0.15) is 31.2 Å². The molecule has 0 atom stereocenters. The van der Waals surface area contributed by atoms with Gasteiger partial charge in [-0.05, 0) is 24.3 Å². The largest absolute Gasteiger partial charge is 0.431 e. The number of nitro groups is 2. The zero-order chi connectivity index (χ0) is 26.9. The first-order valence-corrected chi connectivity index (χ1v) is 12.2. The van der Waals surface area contributed by atoms with Gasteiger partial charge in [0.1, 0.15) is 12.0 Å². The molecule has 0 saturated heterocycles. The minimum atomic E-state index is -0.649. The van der Waals surface area contributed by atoms with Gasteiger partial charge in [-0.1, -0.05) is 45.7 Å². The van der Waals surface area contributed by atoms with Crippen LogP contribution < -0.4 is 10.3 Å². The molecule has 0 amide bonds. The molecule has 188 valence electrons. The van der Waals surface area contributed by atoms with Crippen LogP contribution in [-0.2, 0) is 0 Å². The zero-order valence-corrected chi connectivity index (χ0v) is 22.3. The van der Waals surface area contributed by atoms with E-state index >= 15 is 0 Å². The number of aromatic nitrogens is 3. The molecule has 0 unspecified atom stereocenters. The number of hydrogen-bond acceptors (Lipinski definition) is 9. The standard InChI is InChI=1S/C23H16Br2N6O6/c1-12(2)22-28-18-5-3-14(24)8-17(18)23(32)29(22)27-10-13-7-15(25)9-19(31(35)36)21(13)37-20-6-4-16(11-26-20)30(33)34/h3-12H,1-2H3. The fourth-order valence-electron chi connectivity index (χ4n) is 3.36. The summed E-state index contributed by atoms with van der Waals surface area (Å²) in [6.45, 7) is 3.72. The molecule has 0 fully saturated rings. The van der Waals surface area contributed by atoms with E-state index in [0.717, 1.165) is 16.9 Å². The van der Waals surface area contributed by atoms with Gasteiger partial charge in [-0.15, -0.1) is 0 Å². The summed E-state index contributed by atoms with van der Waals surface area (Å²) < 4.78 is 7.87. The average Bonchev–Trinajstić information content (AvgIpc) is 2.84. The topological polar surface area (TPSA) is 156 Å². The first-order valence-electron chi connectivity index (χ1n) is 10.6. The highest BCUT2D eigenvalue weighted by atomic mass is 79.9. The summed E-state index contributed by atoms with van der Waals surface area (Å²) in [7, 11) is 0. The second-order valence-corrected chi connectivity index (χ2v) is 9.79. The molecule has 2 aromatic carbocycles. The van der Waals surface area contributed by atoms with Crippen molar-refractivity contribution in [2.75, 3.05) is 0 Å². The molecule has 37 heavy (non-hydrogen) atoms. The van der Waals surface area contributed by atoms with Crippen LogP contribution in [0.15, 0.2) is 67.5 Å². The molecule has 0 N–H and O–H groups in total. The number of nitrogens with zero attached hydrogens (tertiary/aromatic N) is 6. The average molecular weight is 632 g/mol. The van der Waals surface area contributed by atoms with E-state index < -0.39 is 21.1 Å². The Morgan fingerprint density at radius 3 is 2.43 bits per heavy atom. The van der Waals surface area contributed by atoms with E-state index in [9.17, 15) is 25.0 Å². The van der Waals surface area contributed by atoms with E-state index in [4.69, 9.17) is 4.74 Å². The lowest BCUT2D eigenvalue weighted by molar-refractivity contribution is -0.385. The van der Waals surface area contributed by atoms with Gasteiger partial charge in [0.25, 0.3) is 11.2 Å². The highest BCUT2D eigenvalue weighted by Gasteiger charge is 2.22. The van der Waals surface area contributed by atoms with Crippen LogP contribution in [0.3, 0.4) is 0 Å². The van der Waals surface area contributed by atoms with Crippen molar-refractivity contribution in [1.29, 1.82) is 0 Å². The number of hydrogen-bond donors (Lipinski definition) is 0. The summed E-state index contributed by atoms with van der Waals surface area (Å²) in [6.07, 6.45) is 2.22. The molecule has 0 spiro atoms. The second-order valence-electron chi connectivity index (χ2n) is 7.96. The number of benzene rings is 2. The summed E-state index contributed by atoms with van der Waals surface area (Å²) in [5.41, 5.74) is -0.439. The molecule has 2 heterocycles. The molecule has 0 radical (unpaired) electrons. The molecule has 4 rings (SSSR count). The first kappa shape index (κ1) is 26.0. The van der Waals surface area contributed by atoms with E-state index in [1.165, 1.54) is 24.4 Å². The highest BCUT2D eigenvalue weighted by Crippen LogP contribution is 2.36. The number of ether oxygens (including phenoxy) is 1. The van der Waals surface area contributed by atoms with Crippen molar-refractivity contribution < 1.29 is 14.6 Å². The van der Waals surface area contributed by atoms with Gasteiger partial charge in [0.15, 0.2) is 0 Å². The van der Waals surface area contributed by atoms with Crippen LogP contribution in [0.2, 0.25) is 0 Å². The molecule has 0 saturated carbocycles. The molecule has 14 heteroatoms. The molecular formula is C23H16Br2N6O6. The van der Waals surface area contributed by atoms with Crippen molar-refractivity contribution in [2.24, 2.45) is 5.10 Å². The lowest BCUT2D eigenvalue weighted by atomic mass is 10.1. The van der Waals surface area contributed by atoms with Gasteiger partial charge in [0.05, 0.1) is 27.0 Å². The first-order chi connectivity index (χ1) is 17.5. The monoisotopic (exact) mass is 630 g/mol. The Labute approximate surface area is 225 Å². The van der Waals surface area contributed by atoms with Gasteiger partial charge < -0.3 is 4.74 Å². The Morgan fingerprint density at radius 1 is 1.05 bits per heavy atom. The Kier molecular flexibility index (Phi) is 7.40. The molecule has 0 bridgehead atoms. The van der Waals surface area contributed by atoms with Gasteiger partial charge >= 0.3 is 5.69 Å². The van der Waals surface area contributed by atoms with Crippen molar-refractivity contribution in [3.63, 3.8) is 0 Å². The normalized spacial score (nSPS) is 11.4. The maximum Gasteiger partial charge on any atom is 0.313 e. The van der Waals surface area contributed by atoms with Crippen LogP contribution >= 0.6 is 31.9 Å². The lowest BCUT2D eigenvalue weighted by Gasteiger charge is -2.12. The second kappa shape index (κ2) is 10.5. The summed E-state index contributed by atoms with van der Waals surface area (Å²) in [4.78, 5) is 43.2. The van der Waals surface area contributed by atoms with Gasteiger partial charge in [0.2, 0.25) is 11.6 Å². The third-order valence-electron chi connectivity index (χ3n) is 5.06. The summed E-state index contributed by atoms with van der Waals surface area (Å²) >= 11 is 6.60. The Balaban J connectivity index is 1.86. The minimum Gasteiger partial charge on any atom is -0.431 e. The molecular weight excluding hydrogens is 616 g/mol. The van der Waals surface area contributed by atoms with Crippen LogP contribution in [0.4, 0.5) is 11.4 Å². The smallest absolute Gasteiger partial charge is 0.313 e. The predicted octanol–water partition coefficient (Wildman–Crippen LogP) is 5.93. The molecule has 2 aromatic heterocycles. The van der Waals surface area contributed by atoms with Crippen molar-refractivity contribution in [2.45, 2.75) is 19.8 Å². The van der Waals surface area contributed by atoms with Gasteiger partial charge in [-0.25, -0.2) is 9.97 Å². The summed E-state index contributed by atoms with van der Waals surface area (Å²) in [6, 6.07) is 10.3. The molecule has 4 aromatic rings. The van der Waals surface area contributed by atoms with Crippen molar-refractivity contribution >= 4 is 60.4 Å². The number of fused-ring (bicyclic) bond motifs is 1. The van der Waals surface area contributed by atoms with Crippen LogP contribution in [-0.4, -0.2) is 30.7 Å². The van der Waals surface area contributed by atoms with Crippen molar-refractivity contribution in [1.82, 2.24) is 14.6 Å². The van der Waals surface area contributed by atoms with Gasteiger partial charge in [-0.3, -0.25) is 25.0 Å². The van der Waals surface area contributed by atoms with Gasteiger partial charge in [-0.2, -0.15) is 9.78 Å². The maximum absolute atomic E-state index is 13.3. The maximum atomic E-state index is 13.3. The van der Waals surface area contributed by atoms with Crippen LogP contribution in [0.5, 0.6) is 11.6 Å². The minimum absolute atomic E-state index is 0.108. The number of rotatable bonds is 7. The Bertz CT molecular complexity index is 1640. The van der Waals surface area contributed by atoms with Crippen molar-refractivity contribution in [3.8, 4) is 11.6 Å². The van der Waals surface area contributed by atoms with E-state index in [-0.39, 0.29) is 28.8 Å². The SMILES string of the molecule is CC(C)c1nc2ccc(Br)cc2c(=O)n1N=Cc1cc(Br)cc([N+](=O)[O-])c1Oc1ccc([N+](=O)[O-])cn1. The molecule has 0 aliphatic heterocycles. The fourth-order valence-corrected chi connectivity index (χ4v) is 4.18. The van der Waals surface area contributed by atoms with E-state index in [1.807, 2.05) is 13.8 Å². The summed E-state index contributed by atoms with van der Waals surface area (Å²) in [5.74, 6) is -0.105. The molecule has 0 aliphatic rings. The fraction of sp³-hybridized carbons (Fsp3) is 0.130. The number of nitro benzene ring substituents is 1. The lowest BCUT2D eigenvalue weighted by Crippen LogP contribution is -2.23. The number of pyridine rings is 1. The zero-order valence-electron chi connectivity index (χ0n) is 19.2. The Hall–Kier alpha value is -4.04. The molecule has 0 aliphatic carbocycles. The van der Waals surface area contributed by atoms with Crippen LogP contribution in [0, 0.1) is 20.2 Å². The third kappa shape index (κ3) is 5.54. The summed E-state index contributed by atoms with van der Waals surface area (Å²) in [5, 5.41) is 27.4. The van der Waals surface area contributed by atoms with Crippen LogP contribution in [0.25, 0.3) is 10.9 Å². The quantitative estimate of drug-likeness (QED) is 0.138. The number of halogens is 2. The highest BCUT2D eigenvalue weighted by molar-refractivity contribution is 9.10. The van der Waals surface area contributed by atoms with E-state index in [2.05, 4.69) is 46.9 Å². The third-order valence-corrected chi connectivity index (χ3v) is 6.01. The van der Waals surface area contributed by atoms with Gasteiger partial charge in [0, 0.05) is 38.6 Å². The Morgan fingerprint density at radius 2 is 1.81 bits per heavy atom. The van der Waals surface area contributed by atoms with Crippen molar-refractivity contribution in [3.05, 3.63) is 99.6 Å². The molecule has 12 nitrogen and oxygen atoms in total. The van der Waals surface area contributed by atoms with E-state index in [1.54, 1.807) is 18.2 Å².